The number of rotatable bonds is 7. The summed E-state index contributed by atoms with van der Waals surface area (Å²) >= 11 is 0. The smallest absolute Gasteiger partial charge is 0.161 e. The zero-order chi connectivity index (χ0) is 11.8. The number of benzene rings is 1. The molecule has 4 nitrogen and oxygen atoms in total. The molecule has 0 spiro atoms. The van der Waals surface area contributed by atoms with Gasteiger partial charge in [-0.1, -0.05) is 0 Å². The van der Waals surface area contributed by atoms with Crippen molar-refractivity contribution in [2.24, 2.45) is 0 Å². The van der Waals surface area contributed by atoms with Gasteiger partial charge in [-0.3, -0.25) is 4.79 Å². The number of carbonyl (C=O) groups excluding carboxylic acids is 1. The highest BCUT2D eigenvalue weighted by atomic mass is 16.5. The Hall–Kier alpha value is -1.55. The Bertz CT molecular complexity index is 336. The fourth-order valence-electron chi connectivity index (χ4n) is 1.23. The molecule has 0 bridgehead atoms. The molecular formula is C12H16O4. The monoisotopic (exact) mass is 224 g/mol. The second-order valence-corrected chi connectivity index (χ2v) is 3.07. The van der Waals surface area contributed by atoms with Gasteiger partial charge in [0.25, 0.3) is 0 Å². The predicted octanol–water partition coefficient (Wildman–Crippen LogP) is 1.92. The van der Waals surface area contributed by atoms with E-state index in [9.17, 15) is 4.79 Å². The number of aldehydes is 1. The Morgan fingerprint density at radius 2 is 2.06 bits per heavy atom. The van der Waals surface area contributed by atoms with Gasteiger partial charge in [-0.15, -0.1) is 0 Å². The molecule has 0 amide bonds. The molecule has 0 atom stereocenters. The molecule has 1 rings (SSSR count). The molecule has 88 valence electrons. The van der Waals surface area contributed by atoms with Crippen LogP contribution in [0.4, 0.5) is 0 Å². The zero-order valence-electron chi connectivity index (χ0n) is 9.56. The number of hydrogen-bond donors (Lipinski definition) is 0. The maximum absolute atomic E-state index is 10.6. The summed E-state index contributed by atoms with van der Waals surface area (Å²) in [6, 6.07) is 5.04. The fourth-order valence-corrected chi connectivity index (χ4v) is 1.23. The summed E-state index contributed by atoms with van der Waals surface area (Å²) in [7, 11) is 1.56. The van der Waals surface area contributed by atoms with Gasteiger partial charge in [0.2, 0.25) is 0 Å². The highest BCUT2D eigenvalue weighted by Gasteiger charge is 2.05. The van der Waals surface area contributed by atoms with Crippen molar-refractivity contribution in [2.45, 2.75) is 6.92 Å². The van der Waals surface area contributed by atoms with Gasteiger partial charge in [0.1, 0.15) is 12.9 Å². The van der Waals surface area contributed by atoms with Crippen LogP contribution < -0.4 is 9.47 Å². The molecule has 0 aromatic heterocycles. The molecule has 0 aliphatic heterocycles. The molecule has 0 heterocycles. The normalized spacial score (nSPS) is 9.88. The summed E-state index contributed by atoms with van der Waals surface area (Å²) < 4.78 is 15.7. The molecule has 0 aliphatic rings. The topological polar surface area (TPSA) is 44.8 Å². The fraction of sp³-hybridized carbons (Fsp3) is 0.417. The highest BCUT2D eigenvalue weighted by molar-refractivity contribution is 5.76. The molecule has 0 unspecified atom stereocenters. The SMILES string of the molecule is CCOCCOc1cc(C=O)ccc1OC. The molecule has 0 fully saturated rings. The molecule has 1 aromatic rings. The Kier molecular flexibility index (Phi) is 5.36. The van der Waals surface area contributed by atoms with Gasteiger partial charge in [0.15, 0.2) is 11.5 Å². The van der Waals surface area contributed by atoms with Crippen LogP contribution in [0, 0.1) is 0 Å². The Morgan fingerprint density at radius 1 is 1.25 bits per heavy atom. The van der Waals surface area contributed by atoms with Crippen LogP contribution in [-0.2, 0) is 4.74 Å². The van der Waals surface area contributed by atoms with Crippen LogP contribution in [0.3, 0.4) is 0 Å². The maximum atomic E-state index is 10.6. The molecule has 0 saturated heterocycles. The van der Waals surface area contributed by atoms with Crippen molar-refractivity contribution in [3.05, 3.63) is 23.8 Å². The number of methoxy groups -OCH3 is 1. The van der Waals surface area contributed by atoms with Crippen molar-refractivity contribution in [3.63, 3.8) is 0 Å². The van der Waals surface area contributed by atoms with Gasteiger partial charge in [-0.05, 0) is 25.1 Å². The first kappa shape index (κ1) is 12.5. The Balaban J connectivity index is 2.64. The van der Waals surface area contributed by atoms with Gasteiger partial charge >= 0.3 is 0 Å². The average molecular weight is 224 g/mol. The minimum Gasteiger partial charge on any atom is -0.493 e. The summed E-state index contributed by atoms with van der Waals surface area (Å²) in [6.07, 6.45) is 0.773. The zero-order valence-corrected chi connectivity index (χ0v) is 9.56. The molecular weight excluding hydrogens is 208 g/mol. The van der Waals surface area contributed by atoms with E-state index in [2.05, 4.69) is 0 Å². The van der Waals surface area contributed by atoms with Crippen LogP contribution in [0.25, 0.3) is 0 Å². The van der Waals surface area contributed by atoms with E-state index in [-0.39, 0.29) is 0 Å². The lowest BCUT2D eigenvalue weighted by molar-refractivity contribution is 0.108. The predicted molar refractivity (Wildman–Crippen MR) is 60.4 cm³/mol. The van der Waals surface area contributed by atoms with Gasteiger partial charge < -0.3 is 14.2 Å². The van der Waals surface area contributed by atoms with Crippen LogP contribution in [0.1, 0.15) is 17.3 Å². The third-order valence-corrected chi connectivity index (χ3v) is 2.01. The van der Waals surface area contributed by atoms with Crippen LogP contribution in [-0.4, -0.2) is 33.2 Å². The summed E-state index contributed by atoms with van der Waals surface area (Å²) in [5.41, 5.74) is 0.562. The lowest BCUT2D eigenvalue weighted by Crippen LogP contribution is -2.07. The van der Waals surface area contributed by atoms with E-state index in [1.54, 1.807) is 25.3 Å². The lowest BCUT2D eigenvalue weighted by atomic mass is 10.2. The minimum absolute atomic E-state index is 0.437. The number of ether oxygens (including phenoxy) is 3. The van der Waals surface area contributed by atoms with Gasteiger partial charge in [0, 0.05) is 12.2 Å². The van der Waals surface area contributed by atoms with Crippen LogP contribution in [0.2, 0.25) is 0 Å². The Labute approximate surface area is 95.1 Å². The molecule has 0 saturated carbocycles. The van der Waals surface area contributed by atoms with Crippen molar-refractivity contribution < 1.29 is 19.0 Å². The lowest BCUT2D eigenvalue weighted by Gasteiger charge is -2.10. The van der Waals surface area contributed by atoms with Crippen LogP contribution in [0.15, 0.2) is 18.2 Å². The van der Waals surface area contributed by atoms with E-state index in [4.69, 9.17) is 14.2 Å². The third kappa shape index (κ3) is 3.55. The molecule has 0 N–H and O–H groups in total. The van der Waals surface area contributed by atoms with Crippen LogP contribution >= 0.6 is 0 Å². The van der Waals surface area contributed by atoms with Gasteiger partial charge in [-0.2, -0.15) is 0 Å². The number of hydrogen-bond acceptors (Lipinski definition) is 4. The van der Waals surface area contributed by atoms with Crippen molar-refractivity contribution in [1.82, 2.24) is 0 Å². The van der Waals surface area contributed by atoms with E-state index in [0.29, 0.717) is 36.9 Å². The second kappa shape index (κ2) is 6.85. The summed E-state index contributed by atoms with van der Waals surface area (Å²) in [6.45, 7) is 3.54. The standard InChI is InChI=1S/C12H16O4/c1-3-15-6-7-16-12-8-10(9-13)4-5-11(12)14-2/h4-5,8-9H,3,6-7H2,1-2H3. The van der Waals surface area contributed by atoms with Gasteiger partial charge in [0.05, 0.1) is 13.7 Å². The van der Waals surface area contributed by atoms with E-state index >= 15 is 0 Å². The van der Waals surface area contributed by atoms with Crippen molar-refractivity contribution >= 4 is 6.29 Å². The molecule has 0 radical (unpaired) electrons. The summed E-state index contributed by atoms with van der Waals surface area (Å²) in [4.78, 5) is 10.6. The van der Waals surface area contributed by atoms with E-state index < -0.39 is 0 Å². The molecule has 1 aromatic carbocycles. The van der Waals surface area contributed by atoms with Crippen molar-refractivity contribution in [1.29, 1.82) is 0 Å². The summed E-state index contributed by atoms with van der Waals surface area (Å²) in [5, 5.41) is 0. The summed E-state index contributed by atoms with van der Waals surface area (Å²) in [5.74, 6) is 1.17. The van der Waals surface area contributed by atoms with E-state index in [1.165, 1.54) is 0 Å². The first-order chi connectivity index (χ1) is 7.81. The first-order valence-electron chi connectivity index (χ1n) is 5.15. The quantitative estimate of drug-likeness (QED) is 0.524. The van der Waals surface area contributed by atoms with E-state index in [1.807, 2.05) is 6.92 Å². The third-order valence-electron chi connectivity index (χ3n) is 2.01. The average Bonchev–Trinajstić information content (AvgIpc) is 2.34. The van der Waals surface area contributed by atoms with Gasteiger partial charge in [-0.25, -0.2) is 0 Å². The molecule has 0 aliphatic carbocycles. The highest BCUT2D eigenvalue weighted by Crippen LogP contribution is 2.27. The Morgan fingerprint density at radius 3 is 2.69 bits per heavy atom. The number of carbonyl (C=O) groups is 1. The van der Waals surface area contributed by atoms with Crippen molar-refractivity contribution in [2.75, 3.05) is 26.9 Å². The molecule has 4 heteroatoms. The second-order valence-electron chi connectivity index (χ2n) is 3.07. The molecule has 16 heavy (non-hydrogen) atoms. The maximum Gasteiger partial charge on any atom is 0.161 e. The first-order valence-corrected chi connectivity index (χ1v) is 5.15. The van der Waals surface area contributed by atoms with E-state index in [0.717, 1.165) is 6.29 Å². The minimum atomic E-state index is 0.437. The van der Waals surface area contributed by atoms with Crippen molar-refractivity contribution in [3.8, 4) is 11.5 Å². The largest absolute Gasteiger partial charge is 0.493 e. The van der Waals surface area contributed by atoms with Crippen LogP contribution in [0.5, 0.6) is 11.5 Å².